The highest BCUT2D eigenvalue weighted by Crippen LogP contribution is 2.29. The number of hydrogen-bond acceptors (Lipinski definition) is 9. The molecule has 0 spiro atoms. The number of carbonyl (C=O) groups is 4. The molecule has 0 N–H and O–H groups in total. The molecular formula is C32H57NO8. The topological polar surface area (TPSA) is 108 Å². The van der Waals surface area contributed by atoms with Crippen LogP contribution >= 0.6 is 0 Å². The third-order valence-electron chi connectivity index (χ3n) is 7.30. The van der Waals surface area contributed by atoms with Crippen molar-refractivity contribution >= 4 is 23.9 Å². The number of unbranched alkanes of at least 4 members (excludes halogenated alkanes) is 7. The molecule has 0 aromatic heterocycles. The molecule has 0 aromatic rings. The Balaban J connectivity index is 3.24. The molecule has 1 heterocycles. The van der Waals surface area contributed by atoms with Crippen LogP contribution < -0.4 is 0 Å². The summed E-state index contributed by atoms with van der Waals surface area (Å²) in [7, 11) is 0. The number of nitrogens with zero attached hydrogens (tertiary/aromatic N) is 1. The van der Waals surface area contributed by atoms with E-state index in [9.17, 15) is 19.2 Å². The highest BCUT2D eigenvalue weighted by molar-refractivity contribution is 5.72. The van der Waals surface area contributed by atoms with Crippen LogP contribution in [0, 0.1) is 0 Å². The zero-order chi connectivity index (χ0) is 30.5. The Kier molecular flexibility index (Phi) is 20.2. The second kappa shape index (κ2) is 22.4. The van der Waals surface area contributed by atoms with Gasteiger partial charge in [0.25, 0.3) is 0 Å². The third kappa shape index (κ3) is 15.0. The van der Waals surface area contributed by atoms with Crippen LogP contribution in [-0.2, 0) is 38.1 Å². The van der Waals surface area contributed by atoms with E-state index in [1.807, 2.05) is 27.7 Å². The molecule has 1 rings (SSSR count). The van der Waals surface area contributed by atoms with E-state index in [1.165, 1.54) is 32.1 Å². The van der Waals surface area contributed by atoms with Gasteiger partial charge in [-0.1, -0.05) is 79.6 Å². The largest absolute Gasteiger partial charge is 0.464 e. The van der Waals surface area contributed by atoms with Gasteiger partial charge in [0.2, 0.25) is 0 Å². The normalized spacial score (nSPS) is 20.8. The summed E-state index contributed by atoms with van der Waals surface area (Å²) in [5.74, 6) is -1.57. The van der Waals surface area contributed by atoms with Gasteiger partial charge in [-0.2, -0.15) is 0 Å². The van der Waals surface area contributed by atoms with Crippen molar-refractivity contribution in [2.45, 2.75) is 162 Å². The Labute approximate surface area is 248 Å². The van der Waals surface area contributed by atoms with Crippen LogP contribution in [0.2, 0.25) is 0 Å². The molecule has 1 aliphatic heterocycles. The van der Waals surface area contributed by atoms with E-state index in [-0.39, 0.29) is 44.2 Å². The van der Waals surface area contributed by atoms with E-state index < -0.39 is 36.3 Å². The second-order valence-electron chi connectivity index (χ2n) is 11.2. The van der Waals surface area contributed by atoms with E-state index in [4.69, 9.17) is 18.9 Å². The number of rotatable bonds is 22. The summed E-state index contributed by atoms with van der Waals surface area (Å²) >= 11 is 0. The first-order valence-corrected chi connectivity index (χ1v) is 16.3. The van der Waals surface area contributed by atoms with Crippen LogP contribution in [0.3, 0.4) is 0 Å². The Bertz CT molecular complexity index is 758. The first-order chi connectivity index (χ1) is 19.8. The lowest BCUT2D eigenvalue weighted by Crippen LogP contribution is -2.65. The summed E-state index contributed by atoms with van der Waals surface area (Å²) < 4.78 is 23.4. The zero-order valence-corrected chi connectivity index (χ0v) is 26.5. The van der Waals surface area contributed by atoms with Crippen LogP contribution in [0.1, 0.15) is 137 Å². The van der Waals surface area contributed by atoms with Crippen LogP contribution in [-0.4, -0.2) is 72.8 Å². The van der Waals surface area contributed by atoms with Crippen molar-refractivity contribution in [2.75, 3.05) is 19.7 Å². The van der Waals surface area contributed by atoms with Gasteiger partial charge in [0.1, 0.15) is 6.61 Å². The highest BCUT2D eigenvalue weighted by atomic mass is 16.6. The lowest BCUT2D eigenvalue weighted by atomic mass is 9.92. The van der Waals surface area contributed by atoms with Crippen LogP contribution in [0.4, 0.5) is 0 Å². The molecule has 41 heavy (non-hydrogen) atoms. The fourth-order valence-electron chi connectivity index (χ4n) is 5.12. The smallest absolute Gasteiger partial charge is 0.306 e. The van der Waals surface area contributed by atoms with Crippen LogP contribution in [0.5, 0.6) is 0 Å². The molecule has 4 atom stereocenters. The van der Waals surface area contributed by atoms with Crippen molar-refractivity contribution in [1.29, 1.82) is 0 Å². The molecule has 0 bridgehead atoms. The van der Waals surface area contributed by atoms with Gasteiger partial charge in [-0.3, -0.25) is 24.1 Å². The van der Waals surface area contributed by atoms with Gasteiger partial charge in [-0.15, -0.1) is 0 Å². The van der Waals surface area contributed by atoms with Gasteiger partial charge in [0.05, 0.1) is 6.04 Å². The number of carbonyl (C=O) groups excluding carboxylic acids is 4. The van der Waals surface area contributed by atoms with Crippen molar-refractivity contribution in [1.82, 2.24) is 4.90 Å². The molecule has 0 aliphatic carbocycles. The van der Waals surface area contributed by atoms with Gasteiger partial charge in [0, 0.05) is 32.2 Å². The van der Waals surface area contributed by atoms with Crippen LogP contribution in [0.15, 0.2) is 0 Å². The van der Waals surface area contributed by atoms with Crippen molar-refractivity contribution in [3.8, 4) is 0 Å². The average Bonchev–Trinajstić information content (AvgIpc) is 2.92. The standard InChI is InChI=1S/C32H57NO8/c1-6-11-12-13-14-15-16-17-22-33-23-26(39-28(35)19-8-3)32(41-30(37)21-10-5)31(40-29(36)20-9-4)25(33)24-38-27(34)18-7-2/h25-26,31-32H,6-24H2,1-5H3/t25-,26+,31-,32-/m1/s1. The minimum absolute atomic E-state index is 0.00260. The summed E-state index contributed by atoms with van der Waals surface area (Å²) in [6.45, 7) is 10.7. The fourth-order valence-corrected chi connectivity index (χ4v) is 5.12. The molecule has 9 heteroatoms. The molecule has 0 unspecified atom stereocenters. The maximum Gasteiger partial charge on any atom is 0.306 e. The number of ether oxygens (including phenoxy) is 4. The molecule has 0 amide bonds. The molecule has 0 radical (unpaired) electrons. The van der Waals surface area contributed by atoms with Crippen LogP contribution in [0.25, 0.3) is 0 Å². The summed E-state index contributed by atoms with van der Waals surface area (Å²) in [6.07, 6.45) is 9.94. The predicted octanol–water partition coefficient (Wildman–Crippen LogP) is 6.29. The number of hydrogen-bond donors (Lipinski definition) is 0. The first kappa shape index (κ1) is 36.9. The second-order valence-corrected chi connectivity index (χ2v) is 11.2. The van der Waals surface area contributed by atoms with E-state index in [1.54, 1.807) is 0 Å². The molecular weight excluding hydrogens is 526 g/mol. The Hall–Kier alpha value is -2.16. The summed E-state index contributed by atoms with van der Waals surface area (Å²) in [5.41, 5.74) is 0. The molecule has 0 aromatic carbocycles. The third-order valence-corrected chi connectivity index (χ3v) is 7.30. The fraction of sp³-hybridized carbons (Fsp3) is 0.875. The Morgan fingerprint density at radius 2 is 1.02 bits per heavy atom. The van der Waals surface area contributed by atoms with E-state index in [0.717, 1.165) is 19.3 Å². The van der Waals surface area contributed by atoms with E-state index >= 15 is 0 Å². The molecule has 1 aliphatic rings. The molecule has 0 saturated carbocycles. The summed E-state index contributed by atoms with van der Waals surface area (Å²) in [6, 6.07) is -0.526. The predicted molar refractivity (Wildman–Crippen MR) is 158 cm³/mol. The van der Waals surface area contributed by atoms with Crippen molar-refractivity contribution < 1.29 is 38.1 Å². The maximum atomic E-state index is 12.8. The quantitative estimate of drug-likeness (QED) is 0.0825. The van der Waals surface area contributed by atoms with Gasteiger partial charge in [-0.05, 0) is 38.6 Å². The van der Waals surface area contributed by atoms with E-state index in [2.05, 4.69) is 11.8 Å². The molecule has 1 fully saturated rings. The summed E-state index contributed by atoms with van der Waals surface area (Å²) in [4.78, 5) is 52.6. The van der Waals surface area contributed by atoms with Gasteiger partial charge >= 0.3 is 23.9 Å². The Morgan fingerprint density at radius 3 is 1.56 bits per heavy atom. The van der Waals surface area contributed by atoms with Gasteiger partial charge in [0.15, 0.2) is 18.3 Å². The lowest BCUT2D eigenvalue weighted by molar-refractivity contribution is -0.210. The number of piperidine rings is 1. The SMILES string of the molecule is CCCCCCCCCCN1C[C@H](OC(=O)CCC)[C@@H](OC(=O)CCC)[C@H](OC(=O)CCC)[C@H]1COC(=O)CCC. The van der Waals surface area contributed by atoms with Gasteiger partial charge < -0.3 is 18.9 Å². The average molecular weight is 584 g/mol. The van der Waals surface area contributed by atoms with Crippen molar-refractivity contribution in [2.24, 2.45) is 0 Å². The maximum absolute atomic E-state index is 12.8. The summed E-state index contributed by atoms with van der Waals surface area (Å²) in [5, 5.41) is 0. The monoisotopic (exact) mass is 583 g/mol. The minimum Gasteiger partial charge on any atom is -0.464 e. The van der Waals surface area contributed by atoms with Gasteiger partial charge in [-0.25, -0.2) is 0 Å². The number of esters is 4. The molecule has 238 valence electrons. The molecule has 9 nitrogen and oxygen atoms in total. The minimum atomic E-state index is -0.986. The van der Waals surface area contributed by atoms with Crippen molar-refractivity contribution in [3.63, 3.8) is 0 Å². The molecule has 1 saturated heterocycles. The first-order valence-electron chi connectivity index (χ1n) is 16.3. The van der Waals surface area contributed by atoms with Crippen molar-refractivity contribution in [3.05, 3.63) is 0 Å². The zero-order valence-electron chi connectivity index (χ0n) is 26.5. The Morgan fingerprint density at radius 1 is 0.561 bits per heavy atom. The lowest BCUT2D eigenvalue weighted by Gasteiger charge is -2.47. The number of likely N-dealkylation sites (tertiary alicyclic amines) is 1. The highest BCUT2D eigenvalue weighted by Gasteiger charge is 2.50. The van der Waals surface area contributed by atoms with E-state index in [0.29, 0.717) is 38.8 Å².